The zero-order chi connectivity index (χ0) is 14.6. The maximum atomic E-state index is 11.9. The van der Waals surface area contributed by atoms with E-state index in [1.807, 2.05) is 6.92 Å². The summed E-state index contributed by atoms with van der Waals surface area (Å²) in [4.78, 5) is 14.4. The van der Waals surface area contributed by atoms with Gasteiger partial charge in [0, 0.05) is 15.8 Å². The van der Waals surface area contributed by atoms with Crippen LogP contribution in [0.4, 0.5) is 0 Å². The highest BCUT2D eigenvalue weighted by Crippen LogP contribution is 2.47. The van der Waals surface area contributed by atoms with Crippen LogP contribution in [0.5, 0.6) is 0 Å². The van der Waals surface area contributed by atoms with E-state index < -0.39 is 0 Å². The summed E-state index contributed by atoms with van der Waals surface area (Å²) in [5.74, 6) is -0.0658. The van der Waals surface area contributed by atoms with E-state index in [0.29, 0.717) is 13.0 Å². The van der Waals surface area contributed by atoms with Gasteiger partial charge in [-0.05, 0) is 50.7 Å². The van der Waals surface area contributed by atoms with E-state index in [0.717, 1.165) is 19.3 Å². The fraction of sp³-hybridized carbons (Fsp3) is 0.688. The van der Waals surface area contributed by atoms with Crippen molar-refractivity contribution in [3.05, 3.63) is 21.9 Å². The van der Waals surface area contributed by atoms with Crippen LogP contribution in [0.25, 0.3) is 0 Å². The molecule has 0 spiro atoms. The first-order valence-corrected chi connectivity index (χ1v) is 8.34. The summed E-state index contributed by atoms with van der Waals surface area (Å²) >= 11 is 1.77. The number of nitrogens with two attached hydrogens (primary N) is 1. The van der Waals surface area contributed by atoms with Crippen LogP contribution in [-0.4, -0.2) is 12.6 Å². The molecule has 1 aliphatic rings. The number of esters is 1. The van der Waals surface area contributed by atoms with Crippen LogP contribution >= 0.6 is 11.3 Å². The van der Waals surface area contributed by atoms with E-state index in [4.69, 9.17) is 10.5 Å². The summed E-state index contributed by atoms with van der Waals surface area (Å²) in [6.07, 6.45) is 6.03. The lowest BCUT2D eigenvalue weighted by Crippen LogP contribution is -2.27. The monoisotopic (exact) mass is 295 g/mol. The highest BCUT2D eigenvalue weighted by molar-refractivity contribution is 7.12. The molecule has 1 aliphatic carbocycles. The molecule has 112 valence electrons. The molecule has 4 heteroatoms. The molecule has 0 radical (unpaired) electrons. The van der Waals surface area contributed by atoms with E-state index >= 15 is 0 Å². The van der Waals surface area contributed by atoms with Gasteiger partial charge in [-0.2, -0.15) is 0 Å². The summed E-state index contributed by atoms with van der Waals surface area (Å²) < 4.78 is 5.14. The number of hydrogen-bond acceptors (Lipinski definition) is 4. The molecule has 1 saturated carbocycles. The summed E-state index contributed by atoms with van der Waals surface area (Å²) in [7, 11) is 0. The second-order valence-electron chi connectivity index (χ2n) is 5.95. The van der Waals surface area contributed by atoms with E-state index in [1.54, 1.807) is 11.3 Å². The third-order valence-corrected chi connectivity index (χ3v) is 5.40. The Labute approximate surface area is 125 Å². The maximum Gasteiger partial charge on any atom is 0.306 e. The molecule has 2 N–H and O–H groups in total. The second-order valence-corrected chi connectivity index (χ2v) is 7.27. The number of carbonyl (C=O) groups excluding carboxylic acids is 1. The van der Waals surface area contributed by atoms with Gasteiger partial charge in [0.15, 0.2) is 0 Å². The quantitative estimate of drug-likeness (QED) is 0.808. The van der Waals surface area contributed by atoms with Gasteiger partial charge in [0.25, 0.3) is 0 Å². The van der Waals surface area contributed by atoms with Crippen molar-refractivity contribution in [1.82, 2.24) is 0 Å². The molecule has 20 heavy (non-hydrogen) atoms. The molecular formula is C16H25NO2S. The van der Waals surface area contributed by atoms with E-state index in [2.05, 4.69) is 19.1 Å². The largest absolute Gasteiger partial charge is 0.466 e. The van der Waals surface area contributed by atoms with Crippen molar-refractivity contribution in [3.8, 4) is 0 Å². The Balaban J connectivity index is 2.03. The highest BCUT2D eigenvalue weighted by Gasteiger charge is 2.38. The molecule has 0 amide bonds. The third kappa shape index (κ3) is 3.83. The first-order valence-electron chi connectivity index (χ1n) is 7.52. The average Bonchev–Trinajstić information content (AvgIpc) is 2.99. The van der Waals surface area contributed by atoms with Crippen molar-refractivity contribution in [2.24, 2.45) is 11.1 Å². The molecule has 2 rings (SSSR count). The number of rotatable bonds is 6. The van der Waals surface area contributed by atoms with Gasteiger partial charge >= 0.3 is 5.97 Å². The maximum absolute atomic E-state index is 11.9. The topological polar surface area (TPSA) is 52.3 Å². The summed E-state index contributed by atoms with van der Waals surface area (Å²) in [5.41, 5.74) is 6.44. The summed E-state index contributed by atoms with van der Waals surface area (Å²) in [6, 6.07) is 4.28. The molecular weight excluding hydrogens is 270 g/mol. The first-order chi connectivity index (χ1) is 9.54. The van der Waals surface area contributed by atoms with Crippen molar-refractivity contribution >= 4 is 17.3 Å². The van der Waals surface area contributed by atoms with Crippen LogP contribution in [-0.2, 0) is 9.53 Å². The molecule has 0 aliphatic heterocycles. The lowest BCUT2D eigenvalue weighted by Gasteiger charge is -2.30. The van der Waals surface area contributed by atoms with Crippen molar-refractivity contribution in [3.63, 3.8) is 0 Å². The smallest absolute Gasteiger partial charge is 0.306 e. The Bertz CT molecular complexity index is 449. The number of hydrogen-bond donors (Lipinski definition) is 1. The predicted octanol–water partition coefficient (Wildman–Crippen LogP) is 3.96. The van der Waals surface area contributed by atoms with Crippen LogP contribution in [0, 0.1) is 12.3 Å². The van der Waals surface area contributed by atoms with Crippen LogP contribution in [0.15, 0.2) is 12.1 Å². The lowest BCUT2D eigenvalue weighted by atomic mass is 9.77. The molecule has 0 bridgehead atoms. The van der Waals surface area contributed by atoms with Gasteiger partial charge in [-0.1, -0.05) is 12.8 Å². The number of carbonyl (C=O) groups is 1. The van der Waals surface area contributed by atoms with Crippen LogP contribution in [0.1, 0.15) is 61.2 Å². The molecule has 3 nitrogen and oxygen atoms in total. The Kier molecular flexibility index (Phi) is 5.22. The Morgan fingerprint density at radius 3 is 2.70 bits per heavy atom. The Morgan fingerprint density at radius 2 is 2.15 bits per heavy atom. The van der Waals surface area contributed by atoms with E-state index in [9.17, 15) is 4.79 Å². The van der Waals surface area contributed by atoms with E-state index in [1.165, 1.54) is 22.6 Å². The minimum Gasteiger partial charge on any atom is -0.466 e. The van der Waals surface area contributed by atoms with Crippen LogP contribution < -0.4 is 5.73 Å². The normalized spacial score (nSPS) is 18.9. The molecule has 0 saturated heterocycles. The Morgan fingerprint density at radius 1 is 1.45 bits per heavy atom. The molecule has 1 unspecified atom stereocenters. The number of thiophene rings is 1. The van der Waals surface area contributed by atoms with Crippen molar-refractivity contribution in [1.29, 1.82) is 0 Å². The van der Waals surface area contributed by atoms with Crippen LogP contribution in [0.3, 0.4) is 0 Å². The SMILES string of the molecule is CCOC(=O)CC1(CC(N)c2ccc(C)s2)CCCC1. The van der Waals surface area contributed by atoms with Gasteiger partial charge in [-0.3, -0.25) is 4.79 Å². The zero-order valence-corrected chi connectivity index (χ0v) is 13.3. The average molecular weight is 295 g/mol. The van der Waals surface area contributed by atoms with Gasteiger partial charge in [0.2, 0.25) is 0 Å². The molecule has 1 aromatic heterocycles. The first kappa shape index (κ1) is 15.5. The summed E-state index contributed by atoms with van der Waals surface area (Å²) in [5, 5.41) is 0. The molecule has 1 heterocycles. The summed E-state index contributed by atoms with van der Waals surface area (Å²) in [6.45, 7) is 4.43. The molecule has 0 aromatic carbocycles. The molecule has 1 aromatic rings. The van der Waals surface area contributed by atoms with Crippen molar-refractivity contribution < 1.29 is 9.53 Å². The van der Waals surface area contributed by atoms with Crippen molar-refractivity contribution in [2.45, 2.75) is 58.4 Å². The van der Waals surface area contributed by atoms with E-state index in [-0.39, 0.29) is 17.4 Å². The highest BCUT2D eigenvalue weighted by atomic mass is 32.1. The standard InChI is InChI=1S/C16H25NO2S/c1-3-19-15(18)11-16(8-4-5-9-16)10-13(17)14-7-6-12(2)20-14/h6-7,13H,3-5,8-11,17H2,1-2H3. The van der Waals surface area contributed by atoms with Gasteiger partial charge in [-0.25, -0.2) is 0 Å². The molecule has 1 atom stereocenters. The number of aryl methyl sites for hydroxylation is 1. The molecule has 1 fully saturated rings. The Hall–Kier alpha value is -0.870. The van der Waals surface area contributed by atoms with Gasteiger partial charge in [-0.15, -0.1) is 11.3 Å². The second kappa shape index (κ2) is 6.72. The van der Waals surface area contributed by atoms with Gasteiger partial charge < -0.3 is 10.5 Å². The predicted molar refractivity (Wildman–Crippen MR) is 82.8 cm³/mol. The van der Waals surface area contributed by atoms with Crippen LogP contribution in [0.2, 0.25) is 0 Å². The number of ether oxygens (including phenoxy) is 1. The minimum absolute atomic E-state index is 0.0428. The lowest BCUT2D eigenvalue weighted by molar-refractivity contribution is -0.146. The van der Waals surface area contributed by atoms with Crippen molar-refractivity contribution in [2.75, 3.05) is 6.61 Å². The minimum atomic E-state index is -0.0658. The fourth-order valence-corrected chi connectivity index (χ4v) is 4.19. The van der Waals surface area contributed by atoms with Gasteiger partial charge in [0.1, 0.15) is 0 Å². The third-order valence-electron chi connectivity index (χ3n) is 4.27. The zero-order valence-electron chi connectivity index (χ0n) is 12.5. The van der Waals surface area contributed by atoms with Gasteiger partial charge in [0.05, 0.1) is 13.0 Å². The fourth-order valence-electron chi connectivity index (χ4n) is 3.32.